The molecule has 1 aliphatic rings. The van der Waals surface area contributed by atoms with Crippen molar-refractivity contribution in [1.82, 2.24) is 5.32 Å². The molecule has 1 saturated heterocycles. The molecule has 1 N–H and O–H groups in total. The van der Waals surface area contributed by atoms with Gasteiger partial charge in [-0.25, -0.2) is 0 Å². The third-order valence-corrected chi connectivity index (χ3v) is 5.20. The highest BCUT2D eigenvalue weighted by atomic mass is 16.5. The SMILES string of the molecule is COc1ccc([C@]2(CCNCc3ccco3)CCOC(C)(C)C2)cc1. The van der Waals surface area contributed by atoms with Crippen LogP contribution in [0.3, 0.4) is 0 Å². The van der Waals surface area contributed by atoms with Crippen LogP contribution in [-0.2, 0) is 16.7 Å². The van der Waals surface area contributed by atoms with Crippen molar-refractivity contribution < 1.29 is 13.9 Å². The first-order valence-corrected chi connectivity index (χ1v) is 9.05. The van der Waals surface area contributed by atoms with E-state index in [1.807, 2.05) is 12.1 Å². The maximum absolute atomic E-state index is 5.99. The second-order valence-electron chi connectivity index (χ2n) is 7.55. The summed E-state index contributed by atoms with van der Waals surface area (Å²) in [4.78, 5) is 0. The van der Waals surface area contributed by atoms with E-state index in [-0.39, 0.29) is 11.0 Å². The van der Waals surface area contributed by atoms with Gasteiger partial charge in [0.25, 0.3) is 0 Å². The minimum Gasteiger partial charge on any atom is -0.497 e. The monoisotopic (exact) mass is 343 g/mol. The summed E-state index contributed by atoms with van der Waals surface area (Å²) < 4.78 is 16.7. The van der Waals surface area contributed by atoms with Crippen molar-refractivity contribution in [3.05, 3.63) is 54.0 Å². The van der Waals surface area contributed by atoms with Gasteiger partial charge in [0, 0.05) is 12.0 Å². The molecule has 1 aromatic carbocycles. The fraction of sp³-hybridized carbons (Fsp3) is 0.524. The smallest absolute Gasteiger partial charge is 0.118 e. The Labute approximate surface area is 150 Å². The van der Waals surface area contributed by atoms with Gasteiger partial charge >= 0.3 is 0 Å². The van der Waals surface area contributed by atoms with Crippen LogP contribution in [0.5, 0.6) is 5.75 Å². The molecular formula is C21H29NO3. The number of methoxy groups -OCH3 is 1. The molecule has 1 atom stereocenters. The average Bonchev–Trinajstić information content (AvgIpc) is 3.11. The van der Waals surface area contributed by atoms with Gasteiger partial charge in [-0.3, -0.25) is 0 Å². The number of nitrogens with one attached hydrogen (secondary N) is 1. The molecule has 3 rings (SSSR count). The number of furan rings is 1. The Morgan fingerprint density at radius 2 is 1.96 bits per heavy atom. The van der Waals surface area contributed by atoms with Crippen LogP contribution in [0.4, 0.5) is 0 Å². The molecule has 1 fully saturated rings. The average molecular weight is 343 g/mol. The molecule has 0 aliphatic carbocycles. The van der Waals surface area contributed by atoms with Gasteiger partial charge in [-0.05, 0) is 69.5 Å². The summed E-state index contributed by atoms with van der Waals surface area (Å²) in [6.07, 6.45) is 4.86. The normalized spacial score (nSPS) is 22.7. The Morgan fingerprint density at radius 1 is 1.16 bits per heavy atom. The minimum absolute atomic E-state index is 0.0980. The number of rotatable bonds is 7. The molecule has 2 heterocycles. The first-order valence-electron chi connectivity index (χ1n) is 9.05. The number of hydrogen-bond donors (Lipinski definition) is 1. The summed E-state index contributed by atoms with van der Waals surface area (Å²) in [7, 11) is 1.71. The highest BCUT2D eigenvalue weighted by molar-refractivity contribution is 5.33. The van der Waals surface area contributed by atoms with Crippen molar-refractivity contribution in [2.45, 2.75) is 50.7 Å². The summed E-state index contributed by atoms with van der Waals surface area (Å²) in [6, 6.07) is 12.5. The van der Waals surface area contributed by atoms with Crippen molar-refractivity contribution in [1.29, 1.82) is 0 Å². The first-order chi connectivity index (χ1) is 12.0. The zero-order chi connectivity index (χ0) is 17.8. The van der Waals surface area contributed by atoms with Gasteiger partial charge in [0.2, 0.25) is 0 Å². The molecule has 0 radical (unpaired) electrons. The lowest BCUT2D eigenvalue weighted by Gasteiger charge is -2.45. The first kappa shape index (κ1) is 18.0. The minimum atomic E-state index is -0.0980. The van der Waals surface area contributed by atoms with Crippen LogP contribution < -0.4 is 10.1 Å². The Bertz CT molecular complexity index is 648. The molecule has 136 valence electrons. The van der Waals surface area contributed by atoms with Crippen molar-refractivity contribution in [2.24, 2.45) is 0 Å². The molecule has 0 amide bonds. The predicted octanol–water partition coefficient (Wildman–Crippen LogP) is 4.29. The van der Waals surface area contributed by atoms with E-state index in [4.69, 9.17) is 13.9 Å². The number of ether oxygens (including phenoxy) is 2. The highest BCUT2D eigenvalue weighted by Gasteiger charge is 2.41. The van der Waals surface area contributed by atoms with E-state index in [9.17, 15) is 0 Å². The summed E-state index contributed by atoms with van der Waals surface area (Å²) in [5, 5.41) is 3.52. The van der Waals surface area contributed by atoms with Crippen molar-refractivity contribution >= 4 is 0 Å². The maximum Gasteiger partial charge on any atom is 0.118 e. The lowest BCUT2D eigenvalue weighted by Crippen LogP contribution is -2.45. The van der Waals surface area contributed by atoms with Gasteiger partial charge in [0.1, 0.15) is 11.5 Å². The fourth-order valence-corrected chi connectivity index (χ4v) is 3.98. The zero-order valence-electron chi connectivity index (χ0n) is 15.5. The van der Waals surface area contributed by atoms with E-state index in [0.717, 1.165) is 50.5 Å². The Balaban J connectivity index is 1.71. The second kappa shape index (κ2) is 7.63. The van der Waals surface area contributed by atoms with Crippen molar-refractivity contribution in [3.8, 4) is 5.75 Å². The molecule has 0 saturated carbocycles. The van der Waals surface area contributed by atoms with E-state index in [1.54, 1.807) is 13.4 Å². The van der Waals surface area contributed by atoms with Crippen molar-refractivity contribution in [2.75, 3.05) is 20.3 Å². The molecule has 25 heavy (non-hydrogen) atoms. The summed E-state index contributed by atoms with van der Waals surface area (Å²) >= 11 is 0. The van der Waals surface area contributed by atoms with Crippen LogP contribution in [0.25, 0.3) is 0 Å². The van der Waals surface area contributed by atoms with Crippen LogP contribution in [0.1, 0.15) is 44.4 Å². The largest absolute Gasteiger partial charge is 0.497 e. The molecule has 2 aromatic rings. The zero-order valence-corrected chi connectivity index (χ0v) is 15.5. The standard InChI is InChI=1S/C21H29NO3/c1-20(2)16-21(11-14-25-20,17-6-8-18(23-3)9-7-17)10-12-22-15-19-5-4-13-24-19/h4-9,13,22H,10-12,14-16H2,1-3H3/t21-/m1/s1. The van der Waals surface area contributed by atoms with E-state index in [0.29, 0.717) is 0 Å². The van der Waals surface area contributed by atoms with E-state index >= 15 is 0 Å². The molecule has 0 spiro atoms. The van der Waals surface area contributed by atoms with Gasteiger partial charge in [-0.2, -0.15) is 0 Å². The predicted molar refractivity (Wildman–Crippen MR) is 99.0 cm³/mol. The number of hydrogen-bond acceptors (Lipinski definition) is 4. The van der Waals surface area contributed by atoms with Gasteiger partial charge in [-0.1, -0.05) is 12.1 Å². The molecule has 4 heteroatoms. The summed E-state index contributed by atoms with van der Waals surface area (Å²) in [6.45, 7) is 6.91. The Kier molecular flexibility index (Phi) is 5.50. The third-order valence-electron chi connectivity index (χ3n) is 5.20. The second-order valence-corrected chi connectivity index (χ2v) is 7.55. The molecule has 1 aromatic heterocycles. The van der Waals surface area contributed by atoms with Gasteiger partial charge in [-0.15, -0.1) is 0 Å². The van der Waals surface area contributed by atoms with E-state index in [2.05, 4.69) is 43.4 Å². The Hall–Kier alpha value is -1.78. The van der Waals surface area contributed by atoms with Crippen LogP contribution in [0.2, 0.25) is 0 Å². The van der Waals surface area contributed by atoms with Crippen LogP contribution in [0, 0.1) is 0 Å². The quantitative estimate of drug-likeness (QED) is 0.762. The van der Waals surface area contributed by atoms with Gasteiger partial charge < -0.3 is 19.2 Å². The lowest BCUT2D eigenvalue weighted by atomic mass is 9.67. The molecule has 4 nitrogen and oxygen atoms in total. The maximum atomic E-state index is 5.99. The number of benzene rings is 1. The van der Waals surface area contributed by atoms with Gasteiger partial charge in [0.05, 0.1) is 25.5 Å². The highest BCUT2D eigenvalue weighted by Crippen LogP contribution is 2.44. The van der Waals surface area contributed by atoms with Gasteiger partial charge in [0.15, 0.2) is 0 Å². The third kappa shape index (κ3) is 4.44. The fourth-order valence-electron chi connectivity index (χ4n) is 3.98. The van der Waals surface area contributed by atoms with Crippen molar-refractivity contribution in [3.63, 3.8) is 0 Å². The van der Waals surface area contributed by atoms with Crippen LogP contribution >= 0.6 is 0 Å². The topological polar surface area (TPSA) is 43.6 Å². The van der Waals surface area contributed by atoms with E-state index < -0.39 is 0 Å². The molecule has 0 bridgehead atoms. The molecule has 1 aliphatic heterocycles. The van der Waals surface area contributed by atoms with Crippen LogP contribution in [0.15, 0.2) is 47.1 Å². The van der Waals surface area contributed by atoms with E-state index in [1.165, 1.54) is 5.56 Å². The van der Waals surface area contributed by atoms with Crippen LogP contribution in [-0.4, -0.2) is 25.9 Å². The molecular weight excluding hydrogens is 314 g/mol. The Morgan fingerprint density at radius 3 is 2.60 bits per heavy atom. The lowest BCUT2D eigenvalue weighted by molar-refractivity contribution is -0.0840. The summed E-state index contributed by atoms with van der Waals surface area (Å²) in [5.74, 6) is 1.88. The summed E-state index contributed by atoms with van der Waals surface area (Å²) in [5.41, 5.74) is 1.41. The molecule has 0 unspecified atom stereocenters.